The SMILES string of the molecule is COCCn1cc(C(=O)N2CCC(c3cccc(CN)c3)CC2)c2cccc(C)c21.O=C(O)C(F)(F)F. The number of piperidine rings is 1. The number of para-hydroxylation sites is 1. The third kappa shape index (κ3) is 6.90. The van der Waals surface area contributed by atoms with Gasteiger partial charge in [0.25, 0.3) is 5.91 Å². The quantitative estimate of drug-likeness (QED) is 0.492. The lowest BCUT2D eigenvalue weighted by molar-refractivity contribution is -0.192. The number of carboxylic acids is 1. The summed E-state index contributed by atoms with van der Waals surface area (Å²) < 4.78 is 39.2. The van der Waals surface area contributed by atoms with Crippen molar-refractivity contribution in [3.05, 3.63) is 70.9 Å². The number of aryl methyl sites for hydroxylation is 1. The fraction of sp³-hybridized carbons (Fsp3) is 0.407. The Morgan fingerprint density at radius 1 is 1.14 bits per heavy atom. The number of hydrogen-bond donors (Lipinski definition) is 2. The Bertz CT molecular complexity index is 1230. The molecule has 3 aromatic rings. The molecule has 0 aliphatic carbocycles. The maximum absolute atomic E-state index is 13.4. The van der Waals surface area contributed by atoms with Gasteiger partial charge in [-0.2, -0.15) is 13.2 Å². The van der Waals surface area contributed by atoms with Gasteiger partial charge in [-0.3, -0.25) is 4.79 Å². The first kappa shape index (κ1) is 28.2. The molecule has 2 heterocycles. The molecule has 0 unspecified atom stereocenters. The maximum Gasteiger partial charge on any atom is 0.490 e. The normalized spacial score (nSPS) is 14.4. The van der Waals surface area contributed by atoms with Crippen molar-refractivity contribution in [1.82, 2.24) is 9.47 Å². The number of carbonyl (C=O) groups excluding carboxylic acids is 1. The number of methoxy groups -OCH3 is 1. The van der Waals surface area contributed by atoms with Crippen molar-refractivity contribution in [1.29, 1.82) is 0 Å². The number of nitrogens with two attached hydrogens (primary N) is 1. The summed E-state index contributed by atoms with van der Waals surface area (Å²) in [4.78, 5) is 24.3. The molecule has 1 aliphatic heterocycles. The molecule has 0 atom stereocenters. The van der Waals surface area contributed by atoms with Crippen LogP contribution in [0.2, 0.25) is 0 Å². The summed E-state index contributed by atoms with van der Waals surface area (Å²) in [5.41, 5.74) is 11.4. The molecule has 2 aromatic carbocycles. The van der Waals surface area contributed by atoms with Crippen LogP contribution in [0.4, 0.5) is 13.2 Å². The van der Waals surface area contributed by atoms with Gasteiger partial charge in [-0.1, -0.05) is 42.5 Å². The first-order chi connectivity index (χ1) is 17.6. The molecule has 3 N–H and O–H groups in total. The summed E-state index contributed by atoms with van der Waals surface area (Å²) in [6, 6.07) is 14.8. The molecular formula is C27H32F3N3O4. The van der Waals surface area contributed by atoms with Gasteiger partial charge >= 0.3 is 12.1 Å². The molecule has 37 heavy (non-hydrogen) atoms. The van der Waals surface area contributed by atoms with Crippen LogP contribution in [0.5, 0.6) is 0 Å². The van der Waals surface area contributed by atoms with E-state index in [1.54, 1.807) is 7.11 Å². The topological polar surface area (TPSA) is 97.8 Å². The van der Waals surface area contributed by atoms with Gasteiger partial charge in [0.15, 0.2) is 0 Å². The van der Waals surface area contributed by atoms with Gasteiger partial charge in [0.1, 0.15) is 0 Å². The first-order valence-corrected chi connectivity index (χ1v) is 12.0. The molecule has 10 heteroatoms. The van der Waals surface area contributed by atoms with E-state index in [9.17, 15) is 18.0 Å². The lowest BCUT2D eigenvalue weighted by atomic mass is 9.88. The van der Waals surface area contributed by atoms with Gasteiger partial charge in [0, 0.05) is 44.9 Å². The average molecular weight is 520 g/mol. The molecule has 0 spiro atoms. The molecule has 1 fully saturated rings. The van der Waals surface area contributed by atoms with Crippen LogP contribution in [-0.4, -0.2) is 59.4 Å². The minimum atomic E-state index is -5.08. The smallest absolute Gasteiger partial charge is 0.475 e. The minimum absolute atomic E-state index is 0.135. The Morgan fingerprint density at radius 2 is 1.78 bits per heavy atom. The van der Waals surface area contributed by atoms with E-state index in [2.05, 4.69) is 47.9 Å². The largest absolute Gasteiger partial charge is 0.490 e. The van der Waals surface area contributed by atoms with E-state index in [1.807, 2.05) is 17.2 Å². The Balaban J connectivity index is 0.000000479. The fourth-order valence-electron chi connectivity index (χ4n) is 4.64. The van der Waals surface area contributed by atoms with Crippen LogP contribution in [0.15, 0.2) is 48.7 Å². The first-order valence-electron chi connectivity index (χ1n) is 12.0. The van der Waals surface area contributed by atoms with Crippen molar-refractivity contribution in [2.75, 3.05) is 26.8 Å². The third-order valence-electron chi connectivity index (χ3n) is 6.55. The lowest BCUT2D eigenvalue weighted by Gasteiger charge is -2.32. The summed E-state index contributed by atoms with van der Waals surface area (Å²) in [7, 11) is 1.71. The molecule has 0 saturated carbocycles. The highest BCUT2D eigenvalue weighted by Gasteiger charge is 2.38. The molecule has 1 saturated heterocycles. The second-order valence-corrected chi connectivity index (χ2v) is 9.02. The highest BCUT2D eigenvalue weighted by molar-refractivity contribution is 6.07. The van der Waals surface area contributed by atoms with E-state index in [0.29, 0.717) is 19.1 Å². The summed E-state index contributed by atoms with van der Waals surface area (Å²) in [6.07, 6.45) is -1.10. The van der Waals surface area contributed by atoms with E-state index >= 15 is 0 Å². The number of hydrogen-bond acceptors (Lipinski definition) is 4. The van der Waals surface area contributed by atoms with Crippen molar-refractivity contribution in [3.8, 4) is 0 Å². The van der Waals surface area contributed by atoms with Crippen LogP contribution in [0.25, 0.3) is 10.9 Å². The number of aromatic nitrogens is 1. The van der Waals surface area contributed by atoms with Gasteiger partial charge in [0.05, 0.1) is 17.7 Å². The zero-order valence-electron chi connectivity index (χ0n) is 20.9. The Hall–Kier alpha value is -3.37. The molecule has 200 valence electrons. The summed E-state index contributed by atoms with van der Waals surface area (Å²) >= 11 is 0. The van der Waals surface area contributed by atoms with E-state index < -0.39 is 12.1 Å². The number of carbonyl (C=O) groups is 2. The molecule has 7 nitrogen and oxygen atoms in total. The number of aliphatic carboxylic acids is 1. The number of ether oxygens (including phenoxy) is 1. The van der Waals surface area contributed by atoms with Gasteiger partial charge in [-0.15, -0.1) is 0 Å². The Morgan fingerprint density at radius 3 is 2.38 bits per heavy atom. The van der Waals surface area contributed by atoms with E-state index in [0.717, 1.165) is 48.9 Å². The van der Waals surface area contributed by atoms with Gasteiger partial charge < -0.3 is 25.0 Å². The number of rotatable bonds is 6. The Labute approximate surface area is 213 Å². The number of amides is 1. The molecule has 1 aliphatic rings. The van der Waals surface area contributed by atoms with E-state index in [4.69, 9.17) is 20.4 Å². The van der Waals surface area contributed by atoms with Crippen LogP contribution >= 0.6 is 0 Å². The van der Waals surface area contributed by atoms with Gasteiger partial charge in [0.2, 0.25) is 0 Å². The van der Waals surface area contributed by atoms with Crippen LogP contribution in [-0.2, 0) is 22.6 Å². The van der Waals surface area contributed by atoms with Crippen molar-refractivity contribution in [2.24, 2.45) is 5.73 Å². The number of halogens is 3. The average Bonchev–Trinajstić information content (AvgIpc) is 3.26. The summed E-state index contributed by atoms with van der Waals surface area (Å²) in [5.74, 6) is -2.13. The fourth-order valence-corrected chi connectivity index (χ4v) is 4.64. The van der Waals surface area contributed by atoms with Crippen LogP contribution < -0.4 is 5.73 Å². The molecule has 0 radical (unpaired) electrons. The number of fused-ring (bicyclic) bond motifs is 1. The number of benzene rings is 2. The summed E-state index contributed by atoms with van der Waals surface area (Å²) in [5, 5.41) is 8.16. The maximum atomic E-state index is 13.4. The third-order valence-corrected chi connectivity index (χ3v) is 6.55. The number of carboxylic acid groups (broad SMARTS) is 1. The van der Waals surface area contributed by atoms with Crippen molar-refractivity contribution in [2.45, 2.75) is 44.9 Å². The minimum Gasteiger partial charge on any atom is -0.475 e. The predicted molar refractivity (Wildman–Crippen MR) is 134 cm³/mol. The molecule has 4 rings (SSSR count). The number of nitrogens with zero attached hydrogens (tertiary/aromatic N) is 2. The van der Waals surface area contributed by atoms with Gasteiger partial charge in [-0.25, -0.2) is 4.79 Å². The van der Waals surface area contributed by atoms with Crippen molar-refractivity contribution < 1.29 is 32.6 Å². The second kappa shape index (κ2) is 12.2. The standard InChI is InChI=1S/C25H31N3O2.C2HF3O2/c1-18-5-3-8-22-23(17-28(24(18)22)13-14-30-2)25(29)27-11-9-20(10-12-27)21-7-4-6-19(15-21)16-26;3-2(4,5)1(6)7/h3-8,15,17,20H,9-14,16,26H2,1-2H3;(H,6,7). The van der Waals surface area contributed by atoms with Gasteiger partial charge in [-0.05, 0) is 42.4 Å². The zero-order valence-corrected chi connectivity index (χ0v) is 20.9. The molecular weight excluding hydrogens is 487 g/mol. The van der Waals surface area contributed by atoms with Crippen LogP contribution in [0, 0.1) is 6.92 Å². The molecule has 1 aromatic heterocycles. The van der Waals surface area contributed by atoms with Crippen LogP contribution in [0.1, 0.15) is 45.8 Å². The number of likely N-dealkylation sites (tertiary alicyclic amines) is 1. The second-order valence-electron chi connectivity index (χ2n) is 9.02. The Kier molecular flexibility index (Phi) is 9.34. The molecule has 0 bridgehead atoms. The molecule has 1 amide bonds. The van der Waals surface area contributed by atoms with E-state index in [-0.39, 0.29) is 5.91 Å². The zero-order chi connectivity index (χ0) is 27.2. The highest BCUT2D eigenvalue weighted by atomic mass is 19.4. The lowest BCUT2D eigenvalue weighted by Crippen LogP contribution is -2.37. The van der Waals surface area contributed by atoms with Crippen molar-refractivity contribution >= 4 is 22.8 Å². The predicted octanol–water partition coefficient (Wildman–Crippen LogP) is 4.71. The highest BCUT2D eigenvalue weighted by Crippen LogP contribution is 2.31. The van der Waals surface area contributed by atoms with E-state index in [1.165, 1.54) is 16.7 Å². The number of alkyl halides is 3. The summed E-state index contributed by atoms with van der Waals surface area (Å²) in [6.45, 7) is 5.60. The van der Waals surface area contributed by atoms with Crippen LogP contribution in [0.3, 0.4) is 0 Å². The monoisotopic (exact) mass is 519 g/mol. The van der Waals surface area contributed by atoms with Crippen molar-refractivity contribution in [3.63, 3.8) is 0 Å².